The van der Waals surface area contributed by atoms with Gasteiger partial charge in [0.05, 0.1) is 13.2 Å². The number of hydrogen-bond acceptors (Lipinski definition) is 2. The van der Waals surface area contributed by atoms with Gasteiger partial charge in [0.2, 0.25) is 0 Å². The lowest BCUT2D eigenvalue weighted by Gasteiger charge is -2.04. The third-order valence-electron chi connectivity index (χ3n) is 1.21. The Morgan fingerprint density at radius 3 is 2.77 bits per heavy atom. The zero-order chi connectivity index (χ0) is 10.1. The molecule has 0 aromatic heterocycles. The third kappa shape index (κ3) is 7.39. The number of halogens is 2. The van der Waals surface area contributed by atoms with Gasteiger partial charge < -0.3 is 10.1 Å². The summed E-state index contributed by atoms with van der Waals surface area (Å²) in [6.45, 7) is 4.33. The average molecular weight is 193 g/mol. The molecule has 0 unspecified atom stereocenters. The molecule has 76 valence electrons. The minimum absolute atomic E-state index is 0.111. The predicted octanol–water partition coefficient (Wildman–Crippen LogP) is 0.960. The van der Waals surface area contributed by atoms with E-state index < -0.39 is 12.3 Å². The van der Waals surface area contributed by atoms with E-state index in [-0.39, 0.29) is 13.2 Å². The summed E-state index contributed by atoms with van der Waals surface area (Å²) in [7, 11) is 0. The fourth-order valence-electron chi connectivity index (χ4n) is 0.592. The first-order chi connectivity index (χ1) is 6.18. The van der Waals surface area contributed by atoms with Gasteiger partial charge >= 0.3 is 6.43 Å². The first-order valence-electron chi connectivity index (χ1n) is 3.93. The molecular formula is C8H13F2NO2. The molecule has 0 heterocycles. The molecule has 0 atom stereocenters. The van der Waals surface area contributed by atoms with E-state index in [9.17, 15) is 13.6 Å². The van der Waals surface area contributed by atoms with Crippen molar-refractivity contribution in [2.24, 2.45) is 0 Å². The van der Waals surface area contributed by atoms with E-state index in [1.54, 1.807) is 6.08 Å². The SMILES string of the molecule is C=CCCOCCNC(=O)C(F)F. The van der Waals surface area contributed by atoms with Crippen LogP contribution in [0.3, 0.4) is 0 Å². The second kappa shape index (κ2) is 7.67. The van der Waals surface area contributed by atoms with E-state index >= 15 is 0 Å². The Morgan fingerprint density at radius 1 is 1.54 bits per heavy atom. The van der Waals surface area contributed by atoms with Crippen molar-refractivity contribution in [3.8, 4) is 0 Å². The molecule has 1 N–H and O–H groups in total. The van der Waals surface area contributed by atoms with Gasteiger partial charge in [-0.1, -0.05) is 6.08 Å². The highest BCUT2D eigenvalue weighted by atomic mass is 19.3. The number of ether oxygens (including phenoxy) is 1. The zero-order valence-corrected chi connectivity index (χ0v) is 7.26. The molecule has 0 spiro atoms. The fraction of sp³-hybridized carbons (Fsp3) is 0.625. The molecule has 0 fully saturated rings. The van der Waals surface area contributed by atoms with E-state index in [0.717, 1.165) is 0 Å². The molecule has 0 rings (SSSR count). The molecule has 1 amide bonds. The van der Waals surface area contributed by atoms with E-state index in [2.05, 4.69) is 6.58 Å². The largest absolute Gasteiger partial charge is 0.379 e. The Hall–Kier alpha value is -0.970. The molecule has 0 radical (unpaired) electrons. The Balaban J connectivity index is 3.16. The Bertz CT molecular complexity index is 162. The summed E-state index contributed by atoms with van der Waals surface area (Å²) in [5.41, 5.74) is 0. The number of alkyl halides is 2. The van der Waals surface area contributed by atoms with Crippen LogP contribution in [0.5, 0.6) is 0 Å². The third-order valence-corrected chi connectivity index (χ3v) is 1.21. The quantitative estimate of drug-likeness (QED) is 0.483. The smallest absolute Gasteiger partial charge is 0.315 e. The monoisotopic (exact) mass is 193 g/mol. The van der Waals surface area contributed by atoms with E-state index in [0.29, 0.717) is 13.0 Å². The van der Waals surface area contributed by atoms with Crippen LogP contribution in [0.1, 0.15) is 6.42 Å². The van der Waals surface area contributed by atoms with Crippen LogP contribution in [0, 0.1) is 0 Å². The van der Waals surface area contributed by atoms with Crippen molar-refractivity contribution in [1.82, 2.24) is 5.32 Å². The van der Waals surface area contributed by atoms with Crippen LogP contribution in [0.15, 0.2) is 12.7 Å². The highest BCUT2D eigenvalue weighted by molar-refractivity contribution is 5.78. The summed E-state index contributed by atoms with van der Waals surface area (Å²) in [5, 5.41) is 2.02. The molecule has 13 heavy (non-hydrogen) atoms. The number of carbonyl (C=O) groups excluding carboxylic acids is 1. The molecular weight excluding hydrogens is 180 g/mol. The Labute approximate surface area is 75.8 Å². The first kappa shape index (κ1) is 12.0. The molecule has 0 aliphatic carbocycles. The molecule has 0 aromatic carbocycles. The molecule has 0 bridgehead atoms. The van der Waals surface area contributed by atoms with Crippen molar-refractivity contribution < 1.29 is 18.3 Å². The van der Waals surface area contributed by atoms with Crippen molar-refractivity contribution in [2.75, 3.05) is 19.8 Å². The van der Waals surface area contributed by atoms with Crippen LogP contribution in [0.25, 0.3) is 0 Å². The highest BCUT2D eigenvalue weighted by Crippen LogP contribution is 1.90. The van der Waals surface area contributed by atoms with Crippen LogP contribution in [0.4, 0.5) is 8.78 Å². The van der Waals surface area contributed by atoms with E-state index in [1.807, 2.05) is 5.32 Å². The van der Waals surface area contributed by atoms with Gasteiger partial charge in [0.15, 0.2) is 0 Å². The Morgan fingerprint density at radius 2 is 2.23 bits per heavy atom. The summed E-state index contributed by atoms with van der Waals surface area (Å²) < 4.78 is 28.2. The summed E-state index contributed by atoms with van der Waals surface area (Å²) >= 11 is 0. The second-order valence-corrected chi connectivity index (χ2v) is 2.28. The van der Waals surface area contributed by atoms with E-state index in [1.165, 1.54) is 0 Å². The number of hydrogen-bond donors (Lipinski definition) is 1. The fourth-order valence-corrected chi connectivity index (χ4v) is 0.592. The molecule has 3 nitrogen and oxygen atoms in total. The van der Waals surface area contributed by atoms with Gasteiger partial charge in [-0.2, -0.15) is 8.78 Å². The van der Waals surface area contributed by atoms with Crippen LogP contribution in [0.2, 0.25) is 0 Å². The molecule has 0 aliphatic heterocycles. The normalized spacial score (nSPS) is 10.1. The van der Waals surface area contributed by atoms with Gasteiger partial charge in [0, 0.05) is 6.54 Å². The maximum absolute atomic E-state index is 11.6. The van der Waals surface area contributed by atoms with Crippen molar-refractivity contribution >= 4 is 5.91 Å². The van der Waals surface area contributed by atoms with Crippen molar-refractivity contribution in [3.63, 3.8) is 0 Å². The molecule has 5 heteroatoms. The summed E-state index contributed by atoms with van der Waals surface area (Å²) in [4.78, 5) is 10.3. The van der Waals surface area contributed by atoms with Gasteiger partial charge in [0.25, 0.3) is 5.91 Å². The van der Waals surface area contributed by atoms with Gasteiger partial charge in [-0.05, 0) is 6.42 Å². The lowest BCUT2D eigenvalue weighted by Crippen LogP contribution is -2.32. The maximum atomic E-state index is 11.6. The summed E-state index contributed by atoms with van der Waals surface area (Å²) in [6.07, 6.45) is -0.547. The predicted molar refractivity (Wildman–Crippen MR) is 44.6 cm³/mol. The van der Waals surface area contributed by atoms with Crippen LogP contribution in [-0.2, 0) is 9.53 Å². The minimum atomic E-state index is -2.95. The molecule has 0 aliphatic rings. The van der Waals surface area contributed by atoms with E-state index in [4.69, 9.17) is 4.74 Å². The van der Waals surface area contributed by atoms with Gasteiger partial charge in [-0.3, -0.25) is 4.79 Å². The lowest BCUT2D eigenvalue weighted by molar-refractivity contribution is -0.131. The molecule has 0 aromatic rings. The van der Waals surface area contributed by atoms with Crippen molar-refractivity contribution in [1.29, 1.82) is 0 Å². The minimum Gasteiger partial charge on any atom is -0.379 e. The average Bonchev–Trinajstić information content (AvgIpc) is 2.10. The number of nitrogens with one attached hydrogen (secondary N) is 1. The standard InChI is InChI=1S/C8H13F2NO2/c1-2-3-5-13-6-4-11-8(12)7(9)10/h2,7H,1,3-6H2,(H,11,12). The molecule has 0 saturated carbocycles. The summed E-state index contributed by atoms with van der Waals surface area (Å²) in [6, 6.07) is 0. The lowest BCUT2D eigenvalue weighted by atomic mass is 10.4. The van der Waals surface area contributed by atoms with Crippen molar-refractivity contribution in [2.45, 2.75) is 12.8 Å². The van der Waals surface area contributed by atoms with Gasteiger partial charge in [-0.25, -0.2) is 0 Å². The van der Waals surface area contributed by atoms with Crippen LogP contribution < -0.4 is 5.32 Å². The zero-order valence-electron chi connectivity index (χ0n) is 7.26. The highest BCUT2D eigenvalue weighted by Gasteiger charge is 2.13. The topological polar surface area (TPSA) is 38.3 Å². The number of rotatable bonds is 7. The first-order valence-corrected chi connectivity index (χ1v) is 3.93. The van der Waals surface area contributed by atoms with Gasteiger partial charge in [-0.15, -0.1) is 6.58 Å². The summed E-state index contributed by atoms with van der Waals surface area (Å²) in [5.74, 6) is -1.26. The number of amides is 1. The van der Waals surface area contributed by atoms with Crippen LogP contribution >= 0.6 is 0 Å². The van der Waals surface area contributed by atoms with Gasteiger partial charge in [0.1, 0.15) is 0 Å². The Kier molecular flexibility index (Phi) is 7.10. The second-order valence-electron chi connectivity index (χ2n) is 2.28. The van der Waals surface area contributed by atoms with Crippen molar-refractivity contribution in [3.05, 3.63) is 12.7 Å². The molecule has 0 saturated heterocycles. The number of carbonyl (C=O) groups is 1. The maximum Gasteiger partial charge on any atom is 0.315 e. The van der Waals surface area contributed by atoms with Crippen LogP contribution in [-0.4, -0.2) is 32.1 Å².